The second-order valence-electron chi connectivity index (χ2n) is 4.14. The maximum Gasteiger partial charge on any atom is 0.262 e. The molecule has 0 bridgehead atoms. The van der Waals surface area contributed by atoms with Gasteiger partial charge in [0.15, 0.2) is 0 Å². The molecular formula is C13H15ClN2O2S2. The fourth-order valence-corrected chi connectivity index (χ4v) is 4.09. The van der Waals surface area contributed by atoms with Crippen molar-refractivity contribution in [3.8, 4) is 0 Å². The van der Waals surface area contributed by atoms with Gasteiger partial charge in [-0.3, -0.25) is 4.72 Å². The molecule has 108 valence electrons. The maximum atomic E-state index is 12.2. The largest absolute Gasteiger partial charge is 0.312 e. The Kier molecular flexibility index (Phi) is 5.04. The summed E-state index contributed by atoms with van der Waals surface area (Å²) in [6.07, 6.45) is 0. The third-order valence-electron chi connectivity index (χ3n) is 2.57. The zero-order chi connectivity index (χ0) is 14.6. The van der Waals surface area contributed by atoms with E-state index in [1.54, 1.807) is 35.7 Å². The monoisotopic (exact) mass is 330 g/mol. The molecular weight excluding hydrogens is 316 g/mol. The summed E-state index contributed by atoms with van der Waals surface area (Å²) < 4.78 is 27.0. The van der Waals surface area contributed by atoms with E-state index in [0.717, 1.165) is 11.4 Å². The van der Waals surface area contributed by atoms with Crippen LogP contribution in [0.1, 0.15) is 11.8 Å². The Hall–Kier alpha value is -1.08. The molecule has 7 heteroatoms. The van der Waals surface area contributed by atoms with Gasteiger partial charge >= 0.3 is 0 Å². The summed E-state index contributed by atoms with van der Waals surface area (Å²) in [6.45, 7) is 3.53. The van der Waals surface area contributed by atoms with Crippen molar-refractivity contribution in [3.63, 3.8) is 0 Å². The first-order valence-electron chi connectivity index (χ1n) is 6.08. The lowest BCUT2D eigenvalue weighted by molar-refractivity contribution is 0.601. The molecule has 2 rings (SSSR count). The zero-order valence-corrected chi connectivity index (χ0v) is 13.3. The topological polar surface area (TPSA) is 58.2 Å². The second-order valence-corrected chi connectivity index (χ2v) is 7.26. The number of hydrogen-bond donors (Lipinski definition) is 2. The van der Waals surface area contributed by atoms with E-state index in [0.29, 0.717) is 17.3 Å². The van der Waals surface area contributed by atoms with Crippen molar-refractivity contribution in [2.24, 2.45) is 0 Å². The minimum Gasteiger partial charge on any atom is -0.312 e. The molecule has 0 aliphatic heterocycles. The summed E-state index contributed by atoms with van der Waals surface area (Å²) in [5.74, 6) is 0. The van der Waals surface area contributed by atoms with Crippen molar-refractivity contribution in [2.75, 3.05) is 11.3 Å². The lowest BCUT2D eigenvalue weighted by atomic mass is 10.3. The van der Waals surface area contributed by atoms with Crippen molar-refractivity contribution in [3.05, 3.63) is 45.6 Å². The number of halogens is 1. The molecule has 2 N–H and O–H groups in total. The summed E-state index contributed by atoms with van der Waals surface area (Å²) in [5, 5.41) is 5.29. The molecule has 1 aromatic carbocycles. The van der Waals surface area contributed by atoms with Gasteiger partial charge in [-0.15, -0.1) is 11.3 Å². The highest BCUT2D eigenvalue weighted by molar-refractivity contribution is 7.92. The normalized spacial score (nSPS) is 11.5. The Labute approximate surface area is 127 Å². The number of benzene rings is 1. The van der Waals surface area contributed by atoms with Crippen LogP contribution in [0.25, 0.3) is 0 Å². The van der Waals surface area contributed by atoms with Crippen LogP contribution in [0.5, 0.6) is 0 Å². The molecule has 2 aromatic rings. The van der Waals surface area contributed by atoms with Gasteiger partial charge in [0, 0.05) is 21.8 Å². The SMILES string of the molecule is CCNCc1cc(S(=O)(=O)Nc2cccc(Cl)c2)cs1. The van der Waals surface area contributed by atoms with Gasteiger partial charge in [-0.1, -0.05) is 24.6 Å². The molecule has 4 nitrogen and oxygen atoms in total. The second kappa shape index (κ2) is 6.58. The molecule has 0 saturated heterocycles. The van der Waals surface area contributed by atoms with Gasteiger partial charge in [-0.05, 0) is 30.8 Å². The van der Waals surface area contributed by atoms with Crippen molar-refractivity contribution in [2.45, 2.75) is 18.4 Å². The molecule has 1 heterocycles. The molecule has 0 spiro atoms. The van der Waals surface area contributed by atoms with Crippen molar-refractivity contribution in [1.82, 2.24) is 5.32 Å². The number of rotatable bonds is 6. The first-order chi connectivity index (χ1) is 9.51. The van der Waals surface area contributed by atoms with E-state index in [-0.39, 0.29) is 4.90 Å². The number of sulfonamides is 1. The summed E-state index contributed by atoms with van der Waals surface area (Å²) in [5.41, 5.74) is 0.455. The van der Waals surface area contributed by atoms with Crippen LogP contribution in [0.2, 0.25) is 5.02 Å². The van der Waals surface area contributed by atoms with E-state index >= 15 is 0 Å². The van der Waals surface area contributed by atoms with Crippen LogP contribution in [0.15, 0.2) is 40.6 Å². The molecule has 0 saturated carbocycles. The lowest BCUT2D eigenvalue weighted by Gasteiger charge is -2.06. The number of hydrogen-bond acceptors (Lipinski definition) is 4. The van der Waals surface area contributed by atoms with Crippen LogP contribution in [-0.2, 0) is 16.6 Å². The van der Waals surface area contributed by atoms with Crippen LogP contribution in [0.4, 0.5) is 5.69 Å². The lowest BCUT2D eigenvalue weighted by Crippen LogP contribution is -2.12. The third-order valence-corrected chi connectivity index (χ3v) is 5.25. The van der Waals surface area contributed by atoms with Crippen LogP contribution >= 0.6 is 22.9 Å². The van der Waals surface area contributed by atoms with Crippen LogP contribution in [-0.4, -0.2) is 15.0 Å². The first-order valence-corrected chi connectivity index (χ1v) is 8.82. The third kappa shape index (κ3) is 3.96. The standard InChI is InChI=1S/C13H15ClN2O2S2/c1-2-15-8-12-7-13(9-19-12)20(17,18)16-11-5-3-4-10(14)6-11/h3-7,9,15-16H,2,8H2,1H3. The van der Waals surface area contributed by atoms with Gasteiger partial charge < -0.3 is 5.32 Å². The maximum absolute atomic E-state index is 12.2. The van der Waals surface area contributed by atoms with Crippen LogP contribution in [0, 0.1) is 0 Å². The average Bonchev–Trinajstić information content (AvgIpc) is 2.85. The minimum atomic E-state index is -3.56. The minimum absolute atomic E-state index is 0.273. The van der Waals surface area contributed by atoms with Gasteiger partial charge in [0.05, 0.1) is 10.6 Å². The Bertz CT molecular complexity index is 683. The molecule has 0 aliphatic rings. The summed E-state index contributed by atoms with van der Waals surface area (Å²) in [4.78, 5) is 1.26. The Morgan fingerprint density at radius 1 is 1.30 bits per heavy atom. The van der Waals surface area contributed by atoms with Gasteiger partial charge in [0.25, 0.3) is 10.0 Å². The van der Waals surface area contributed by atoms with Crippen molar-refractivity contribution >= 4 is 38.6 Å². The van der Waals surface area contributed by atoms with E-state index in [1.165, 1.54) is 11.3 Å². The Morgan fingerprint density at radius 2 is 2.10 bits per heavy atom. The predicted molar refractivity (Wildman–Crippen MR) is 84.0 cm³/mol. The van der Waals surface area contributed by atoms with E-state index in [9.17, 15) is 8.42 Å². The van der Waals surface area contributed by atoms with Gasteiger partial charge in [-0.2, -0.15) is 0 Å². The number of nitrogens with one attached hydrogen (secondary N) is 2. The fraction of sp³-hybridized carbons (Fsp3) is 0.231. The Morgan fingerprint density at radius 3 is 2.80 bits per heavy atom. The number of anilines is 1. The Balaban J connectivity index is 2.16. The van der Waals surface area contributed by atoms with Crippen LogP contribution < -0.4 is 10.0 Å². The summed E-state index contributed by atoms with van der Waals surface area (Å²) in [7, 11) is -3.56. The molecule has 0 amide bonds. The van der Waals surface area contributed by atoms with E-state index < -0.39 is 10.0 Å². The first kappa shape index (κ1) is 15.3. The molecule has 0 fully saturated rings. The molecule has 0 aliphatic carbocycles. The molecule has 1 aromatic heterocycles. The van der Waals surface area contributed by atoms with E-state index in [2.05, 4.69) is 10.0 Å². The van der Waals surface area contributed by atoms with Crippen LogP contribution in [0.3, 0.4) is 0 Å². The van der Waals surface area contributed by atoms with Gasteiger partial charge in [0.2, 0.25) is 0 Å². The van der Waals surface area contributed by atoms with E-state index in [4.69, 9.17) is 11.6 Å². The fourth-order valence-electron chi connectivity index (χ4n) is 1.61. The van der Waals surface area contributed by atoms with Gasteiger partial charge in [0.1, 0.15) is 0 Å². The molecule has 20 heavy (non-hydrogen) atoms. The highest BCUT2D eigenvalue weighted by atomic mass is 35.5. The van der Waals surface area contributed by atoms with Crippen molar-refractivity contribution < 1.29 is 8.42 Å². The van der Waals surface area contributed by atoms with E-state index in [1.807, 2.05) is 6.92 Å². The molecule has 0 atom stereocenters. The van der Waals surface area contributed by atoms with Crippen molar-refractivity contribution in [1.29, 1.82) is 0 Å². The van der Waals surface area contributed by atoms with Gasteiger partial charge in [-0.25, -0.2) is 8.42 Å². The molecule has 0 radical (unpaired) electrons. The average molecular weight is 331 g/mol. The predicted octanol–water partition coefficient (Wildman–Crippen LogP) is 3.31. The molecule has 0 unspecified atom stereocenters. The summed E-state index contributed by atoms with van der Waals surface area (Å²) in [6, 6.07) is 8.31. The highest BCUT2D eigenvalue weighted by Crippen LogP contribution is 2.23. The highest BCUT2D eigenvalue weighted by Gasteiger charge is 2.16. The summed E-state index contributed by atoms with van der Waals surface area (Å²) >= 11 is 7.26. The quantitative estimate of drug-likeness (QED) is 0.854. The smallest absolute Gasteiger partial charge is 0.262 e. The number of thiophene rings is 1. The zero-order valence-electron chi connectivity index (χ0n) is 10.9.